The summed E-state index contributed by atoms with van der Waals surface area (Å²) in [5.41, 5.74) is 7.51. The predicted octanol–water partition coefficient (Wildman–Crippen LogP) is 16.3. The van der Waals surface area contributed by atoms with E-state index in [1.165, 1.54) is 36.8 Å². The summed E-state index contributed by atoms with van der Waals surface area (Å²) in [5.74, 6) is 0.956. The number of carbonyl (C=O) groups is 4. The van der Waals surface area contributed by atoms with Crippen LogP contribution in [0.1, 0.15) is 162 Å². The van der Waals surface area contributed by atoms with Crippen molar-refractivity contribution in [1.29, 1.82) is 0 Å². The van der Waals surface area contributed by atoms with Gasteiger partial charge in [-0.05, 0) is 163 Å². The molecule has 494 valence electrons. The maximum atomic E-state index is 13.0. The number of aryl methyl sites for hydroxylation is 1. The number of likely N-dealkylation sites (N-methyl/N-ethyl adjacent to an activating group) is 1. The Morgan fingerprint density at radius 3 is 1.44 bits per heavy atom. The van der Waals surface area contributed by atoms with Crippen molar-refractivity contribution in [1.82, 2.24) is 0 Å². The summed E-state index contributed by atoms with van der Waals surface area (Å²) in [6.45, 7) is 19.3. The van der Waals surface area contributed by atoms with Crippen molar-refractivity contribution < 1.29 is 57.4 Å². The van der Waals surface area contributed by atoms with Gasteiger partial charge >= 0.3 is 17.9 Å². The highest BCUT2D eigenvalue weighted by Gasteiger charge is 2.60. The molecule has 2 spiro atoms. The van der Waals surface area contributed by atoms with E-state index in [0.717, 1.165) is 44.9 Å². The minimum absolute atomic E-state index is 0.0664. The molecule has 2 unspecified atom stereocenters. The molecule has 18 nitrogen and oxygen atoms in total. The van der Waals surface area contributed by atoms with Crippen molar-refractivity contribution in [3.8, 4) is 23.0 Å². The highest BCUT2D eigenvalue weighted by molar-refractivity contribution is 5.78. The van der Waals surface area contributed by atoms with Crippen LogP contribution in [0.4, 0.5) is 22.7 Å². The normalized spacial score (nSPS) is 17.2. The molecule has 2 atom stereocenters. The number of unbranched alkanes of at least 4 members (excludes halogenated alkanes) is 2. The molecule has 7 aromatic carbocycles. The molecule has 0 aromatic heterocycles. The Kier molecular flexibility index (Phi) is 19.9. The molecule has 95 heavy (non-hydrogen) atoms. The molecule has 0 saturated heterocycles. The van der Waals surface area contributed by atoms with Gasteiger partial charge in [-0.25, -0.2) is 0 Å². The second-order valence-corrected chi connectivity index (χ2v) is 26.2. The Bertz CT molecular complexity index is 4120. The Balaban J connectivity index is 0.000000233. The number of rotatable bonds is 23. The van der Waals surface area contributed by atoms with Crippen LogP contribution in [0.15, 0.2) is 158 Å². The molecule has 0 fully saturated rings. The van der Waals surface area contributed by atoms with Crippen LogP contribution in [0.2, 0.25) is 0 Å². The molecule has 4 aliphatic heterocycles. The highest BCUT2D eigenvalue weighted by Crippen LogP contribution is 2.58. The quantitative estimate of drug-likeness (QED) is 0.0191. The fourth-order valence-corrected chi connectivity index (χ4v) is 13.4. The number of para-hydroxylation sites is 2. The number of carbonyl (C=O) groups excluding carboxylic acids is 4. The molecule has 0 bridgehead atoms. The van der Waals surface area contributed by atoms with Gasteiger partial charge in [0.1, 0.15) is 42.0 Å². The highest BCUT2D eigenvalue weighted by atomic mass is 16.6. The molecule has 0 saturated carbocycles. The van der Waals surface area contributed by atoms with Gasteiger partial charge in [-0.2, -0.15) is 0 Å². The molecule has 0 amide bonds. The standard InChI is InChI=1S/C49H50N2O8.C28H32N2O6/c1-33-15-17-34(18-16-33)31-50-43-12-8-7-11-42(43)48(4,5)49(50)28-27-35-29-39(51(54)55)30-36(46(35)59-49)32-57-44(52)13-9-10-14-45(53)58-41-25-21-38(22-26-41)47(2,3)37-19-23-40(56-6)24-20-37;1-5-29-24-12-8-7-11-23(24)27(3,4)28(29)15-14-20-16-22(30(33)34)17-21(26(20)36-28)18-35-25(32)13-9-6-10-19(2)31/h7-8,11-12,15-30H,9-10,13-14,31-32H2,1-6H3;7-8,11-12,14-17H,5-6,9-10,13,18H2,1-4H3. The summed E-state index contributed by atoms with van der Waals surface area (Å²) < 4.78 is 35.9. The summed E-state index contributed by atoms with van der Waals surface area (Å²) in [5, 5.41) is 23.6. The maximum absolute atomic E-state index is 13.0. The maximum Gasteiger partial charge on any atom is 0.311 e. The summed E-state index contributed by atoms with van der Waals surface area (Å²) in [7, 11) is 1.64. The van der Waals surface area contributed by atoms with Crippen molar-refractivity contribution in [2.24, 2.45) is 0 Å². The summed E-state index contributed by atoms with van der Waals surface area (Å²) in [6.07, 6.45) is 10.5. The first kappa shape index (κ1) is 67.8. The third kappa shape index (κ3) is 13.8. The minimum Gasteiger partial charge on any atom is -0.497 e. The second-order valence-electron chi connectivity index (χ2n) is 26.2. The summed E-state index contributed by atoms with van der Waals surface area (Å²) in [6, 6.07) is 46.1. The number of ether oxygens (including phenoxy) is 6. The van der Waals surface area contributed by atoms with Crippen LogP contribution in [-0.2, 0) is 64.7 Å². The number of nitrogens with zero attached hydrogens (tertiary/aromatic N) is 4. The molecular weight excluding hydrogens is 1200 g/mol. The van der Waals surface area contributed by atoms with Crippen LogP contribution in [0, 0.1) is 27.2 Å². The van der Waals surface area contributed by atoms with Gasteiger partial charge in [-0.1, -0.05) is 104 Å². The monoisotopic (exact) mass is 1290 g/mol. The number of Topliss-reactive ketones (excluding diaryl/α,β-unsaturated/α-hetero) is 1. The smallest absolute Gasteiger partial charge is 0.311 e. The molecule has 0 N–H and O–H groups in total. The lowest BCUT2D eigenvalue weighted by atomic mass is 9.76. The van der Waals surface area contributed by atoms with Gasteiger partial charge in [-0.15, -0.1) is 0 Å². The Morgan fingerprint density at radius 2 is 0.989 bits per heavy atom. The molecule has 0 radical (unpaired) electrons. The SMILES string of the molecule is CCN1c2ccccc2C(C)(C)C12C=Cc1cc([N+](=O)[O-])cc(COC(=O)CCCCC(C)=O)c1O2.COc1ccc(C(C)(C)c2ccc(OC(=O)CCCCC(=O)OCc3cc([N+](=O)[O-])cc4c3OC3(C=C4)N(Cc4ccc(C)cc4)c4ccccc4C3(C)C)cc2)cc1. The zero-order valence-corrected chi connectivity index (χ0v) is 55.7. The number of hydrogen-bond acceptors (Lipinski definition) is 16. The first-order chi connectivity index (χ1) is 45.3. The van der Waals surface area contributed by atoms with Crippen molar-refractivity contribution in [3.63, 3.8) is 0 Å². The Labute approximate surface area is 554 Å². The van der Waals surface area contributed by atoms with E-state index in [0.29, 0.717) is 84.7 Å². The van der Waals surface area contributed by atoms with Crippen LogP contribution in [0.5, 0.6) is 23.0 Å². The largest absolute Gasteiger partial charge is 0.497 e. The lowest BCUT2D eigenvalue weighted by Crippen LogP contribution is -2.59. The van der Waals surface area contributed by atoms with E-state index >= 15 is 0 Å². The van der Waals surface area contributed by atoms with Crippen molar-refractivity contribution in [2.75, 3.05) is 23.5 Å². The number of methoxy groups -OCH3 is 1. The average molecular weight is 1290 g/mol. The Morgan fingerprint density at radius 1 is 0.558 bits per heavy atom. The van der Waals surface area contributed by atoms with Crippen LogP contribution in [0.25, 0.3) is 12.2 Å². The van der Waals surface area contributed by atoms with Gasteiger partial charge in [0.15, 0.2) is 0 Å². The van der Waals surface area contributed by atoms with Gasteiger partial charge in [-0.3, -0.25) is 34.6 Å². The number of esters is 3. The third-order valence-electron chi connectivity index (χ3n) is 18.9. The number of nitro benzene ring substituents is 2. The lowest BCUT2D eigenvalue weighted by molar-refractivity contribution is -0.385. The predicted molar refractivity (Wildman–Crippen MR) is 365 cm³/mol. The first-order valence-electron chi connectivity index (χ1n) is 32.3. The van der Waals surface area contributed by atoms with Crippen LogP contribution < -0.4 is 28.7 Å². The van der Waals surface area contributed by atoms with Gasteiger partial charge < -0.3 is 43.0 Å². The molecule has 4 heterocycles. The van der Waals surface area contributed by atoms with Crippen LogP contribution in [0.3, 0.4) is 0 Å². The zero-order chi connectivity index (χ0) is 68.0. The van der Waals surface area contributed by atoms with E-state index in [-0.39, 0.29) is 55.0 Å². The van der Waals surface area contributed by atoms with Crippen molar-refractivity contribution >= 4 is 58.6 Å². The molecule has 11 rings (SSSR count). The fourth-order valence-electron chi connectivity index (χ4n) is 13.4. The van der Waals surface area contributed by atoms with Crippen LogP contribution in [-0.4, -0.2) is 58.6 Å². The van der Waals surface area contributed by atoms with E-state index in [2.05, 4.69) is 114 Å². The molecule has 0 aliphatic carbocycles. The Hall–Kier alpha value is -10.1. The minimum atomic E-state index is -0.992. The van der Waals surface area contributed by atoms with Gasteiger partial charge in [0.25, 0.3) is 11.4 Å². The van der Waals surface area contributed by atoms with Gasteiger partial charge in [0.05, 0.1) is 27.8 Å². The zero-order valence-electron chi connectivity index (χ0n) is 55.7. The lowest BCUT2D eigenvalue weighted by Gasteiger charge is -2.47. The van der Waals surface area contributed by atoms with Crippen LogP contribution >= 0.6 is 0 Å². The number of anilines is 2. The second kappa shape index (κ2) is 27.8. The number of ketones is 1. The average Bonchev–Trinajstić information content (AvgIpc) is 1.56. The van der Waals surface area contributed by atoms with E-state index in [1.54, 1.807) is 19.2 Å². The van der Waals surface area contributed by atoms with Gasteiger partial charge in [0.2, 0.25) is 11.4 Å². The van der Waals surface area contributed by atoms with E-state index in [4.69, 9.17) is 28.4 Å². The first-order valence-corrected chi connectivity index (χ1v) is 32.3. The van der Waals surface area contributed by atoms with E-state index in [9.17, 15) is 39.4 Å². The topological polar surface area (TPSA) is 216 Å². The molecule has 4 aliphatic rings. The number of fused-ring (bicyclic) bond motifs is 4. The summed E-state index contributed by atoms with van der Waals surface area (Å²) in [4.78, 5) is 76.3. The number of nitro groups is 2. The summed E-state index contributed by atoms with van der Waals surface area (Å²) >= 11 is 0. The third-order valence-corrected chi connectivity index (χ3v) is 18.9. The number of benzene rings is 7. The van der Waals surface area contributed by atoms with Gasteiger partial charge in [0, 0.05) is 102 Å². The van der Waals surface area contributed by atoms with E-state index in [1.807, 2.05) is 85.0 Å². The molecular formula is C77H82N4O14. The number of non-ortho nitro benzene ring substituents is 2. The molecule has 18 heteroatoms. The van der Waals surface area contributed by atoms with Crippen molar-refractivity contribution in [2.45, 2.75) is 161 Å². The fraction of sp³-hybridized carbons (Fsp3) is 0.351. The number of hydrogen-bond donors (Lipinski definition) is 0. The van der Waals surface area contributed by atoms with Crippen molar-refractivity contribution in [3.05, 3.63) is 234 Å². The van der Waals surface area contributed by atoms with E-state index < -0.39 is 50.0 Å². The molecule has 7 aromatic rings.